The van der Waals surface area contributed by atoms with E-state index in [9.17, 15) is 0 Å². The molecule has 1 fully saturated rings. The number of hydrogen-bond donors (Lipinski definition) is 0. The minimum atomic E-state index is 1.23. The zero-order valence-electron chi connectivity index (χ0n) is 7.55. The Balaban J connectivity index is 0.000000292. The SMILES string of the molecule is C=CC.C=CN1CCCCC1. The van der Waals surface area contributed by atoms with Gasteiger partial charge in [0, 0.05) is 13.1 Å². The van der Waals surface area contributed by atoms with Crippen molar-refractivity contribution in [2.75, 3.05) is 13.1 Å². The molecular formula is C10H19N. The van der Waals surface area contributed by atoms with Gasteiger partial charge in [0.1, 0.15) is 0 Å². The predicted molar refractivity (Wildman–Crippen MR) is 51.5 cm³/mol. The van der Waals surface area contributed by atoms with Crippen molar-refractivity contribution < 1.29 is 0 Å². The van der Waals surface area contributed by atoms with Gasteiger partial charge in [-0.25, -0.2) is 0 Å². The van der Waals surface area contributed by atoms with E-state index < -0.39 is 0 Å². The highest BCUT2D eigenvalue weighted by Gasteiger charge is 2.02. The van der Waals surface area contributed by atoms with Crippen LogP contribution in [0.5, 0.6) is 0 Å². The first-order chi connectivity index (χ1) is 5.35. The number of nitrogens with zero attached hydrogens (tertiary/aromatic N) is 1. The van der Waals surface area contributed by atoms with E-state index in [4.69, 9.17) is 0 Å². The molecule has 64 valence electrons. The van der Waals surface area contributed by atoms with Crippen molar-refractivity contribution in [3.05, 3.63) is 25.4 Å². The summed E-state index contributed by atoms with van der Waals surface area (Å²) in [5, 5.41) is 0. The summed E-state index contributed by atoms with van der Waals surface area (Å²) in [6.07, 6.45) is 7.81. The van der Waals surface area contributed by atoms with Crippen LogP contribution in [-0.4, -0.2) is 18.0 Å². The molecule has 1 heteroatoms. The van der Waals surface area contributed by atoms with Crippen molar-refractivity contribution in [2.45, 2.75) is 26.2 Å². The highest BCUT2D eigenvalue weighted by Crippen LogP contribution is 2.07. The number of rotatable bonds is 1. The summed E-state index contributed by atoms with van der Waals surface area (Å²) in [4.78, 5) is 2.28. The van der Waals surface area contributed by atoms with Crippen LogP contribution in [0.2, 0.25) is 0 Å². The van der Waals surface area contributed by atoms with E-state index in [0.717, 1.165) is 0 Å². The van der Waals surface area contributed by atoms with Crippen molar-refractivity contribution >= 4 is 0 Å². The minimum Gasteiger partial charge on any atom is -0.378 e. The highest BCUT2D eigenvalue weighted by atomic mass is 15.1. The quantitative estimate of drug-likeness (QED) is 0.524. The first kappa shape index (κ1) is 10.3. The second kappa shape index (κ2) is 7.39. The lowest BCUT2D eigenvalue weighted by molar-refractivity contribution is 0.310. The maximum Gasteiger partial charge on any atom is 0.0172 e. The van der Waals surface area contributed by atoms with E-state index in [-0.39, 0.29) is 0 Å². The van der Waals surface area contributed by atoms with Gasteiger partial charge in [-0.2, -0.15) is 0 Å². The standard InChI is InChI=1S/C7H13N.C3H6/c1-2-8-6-4-3-5-7-8;1-3-2/h2H,1,3-7H2;3H,1H2,2H3. The molecule has 0 bridgehead atoms. The van der Waals surface area contributed by atoms with E-state index in [1.807, 2.05) is 13.1 Å². The second-order valence-electron chi connectivity index (χ2n) is 2.69. The van der Waals surface area contributed by atoms with Crippen LogP contribution in [0.1, 0.15) is 26.2 Å². The molecule has 0 saturated carbocycles. The van der Waals surface area contributed by atoms with Crippen LogP contribution in [-0.2, 0) is 0 Å². The second-order valence-corrected chi connectivity index (χ2v) is 2.69. The van der Waals surface area contributed by atoms with Gasteiger partial charge in [-0.05, 0) is 32.4 Å². The number of allylic oxidation sites excluding steroid dienone is 1. The van der Waals surface area contributed by atoms with Gasteiger partial charge in [0.25, 0.3) is 0 Å². The van der Waals surface area contributed by atoms with E-state index in [1.54, 1.807) is 6.08 Å². The summed E-state index contributed by atoms with van der Waals surface area (Å²) < 4.78 is 0. The topological polar surface area (TPSA) is 3.24 Å². The Morgan fingerprint density at radius 3 is 1.82 bits per heavy atom. The van der Waals surface area contributed by atoms with Gasteiger partial charge in [-0.1, -0.05) is 12.7 Å². The average Bonchev–Trinajstić information content (AvgIpc) is 2.08. The molecule has 0 aromatic rings. The van der Waals surface area contributed by atoms with Gasteiger partial charge in [-0.3, -0.25) is 0 Å². The Bertz CT molecular complexity index is 101. The molecule has 0 aliphatic carbocycles. The molecule has 1 aliphatic rings. The molecule has 0 aromatic carbocycles. The average molecular weight is 153 g/mol. The summed E-state index contributed by atoms with van der Waals surface area (Å²) >= 11 is 0. The Morgan fingerprint density at radius 2 is 1.55 bits per heavy atom. The Morgan fingerprint density at radius 1 is 1.09 bits per heavy atom. The maximum atomic E-state index is 3.71. The van der Waals surface area contributed by atoms with E-state index in [1.165, 1.54) is 32.4 Å². The molecule has 0 N–H and O–H groups in total. The van der Waals surface area contributed by atoms with Gasteiger partial charge >= 0.3 is 0 Å². The minimum absolute atomic E-state index is 1.23. The van der Waals surface area contributed by atoms with Crippen LogP contribution in [0.15, 0.2) is 25.4 Å². The summed E-state index contributed by atoms with van der Waals surface area (Å²) in [5.41, 5.74) is 0. The molecule has 0 radical (unpaired) electrons. The lowest BCUT2D eigenvalue weighted by Gasteiger charge is -2.23. The molecular weight excluding hydrogens is 134 g/mol. The van der Waals surface area contributed by atoms with Crippen molar-refractivity contribution in [3.8, 4) is 0 Å². The zero-order valence-corrected chi connectivity index (χ0v) is 7.55. The number of likely N-dealkylation sites (tertiary alicyclic amines) is 1. The number of piperidine rings is 1. The van der Waals surface area contributed by atoms with Crippen LogP contribution in [0.3, 0.4) is 0 Å². The maximum absolute atomic E-state index is 3.71. The first-order valence-corrected chi connectivity index (χ1v) is 4.28. The molecule has 1 aliphatic heterocycles. The number of hydrogen-bond acceptors (Lipinski definition) is 1. The van der Waals surface area contributed by atoms with Crippen LogP contribution < -0.4 is 0 Å². The molecule has 0 atom stereocenters. The fourth-order valence-electron chi connectivity index (χ4n) is 1.10. The molecule has 1 nitrogen and oxygen atoms in total. The van der Waals surface area contributed by atoms with E-state index in [2.05, 4.69) is 18.1 Å². The molecule has 1 saturated heterocycles. The molecule has 0 unspecified atom stereocenters. The van der Waals surface area contributed by atoms with Crippen molar-refractivity contribution in [2.24, 2.45) is 0 Å². The highest BCUT2D eigenvalue weighted by molar-refractivity contribution is 4.73. The summed E-state index contributed by atoms with van der Waals surface area (Å²) in [6.45, 7) is 11.4. The monoisotopic (exact) mass is 153 g/mol. The predicted octanol–water partition coefficient (Wildman–Crippen LogP) is 2.81. The Kier molecular flexibility index (Phi) is 6.90. The van der Waals surface area contributed by atoms with Crippen molar-refractivity contribution in [3.63, 3.8) is 0 Å². The largest absolute Gasteiger partial charge is 0.378 e. The van der Waals surface area contributed by atoms with Crippen LogP contribution in [0, 0.1) is 0 Å². The van der Waals surface area contributed by atoms with E-state index >= 15 is 0 Å². The normalized spacial score (nSPS) is 16.3. The van der Waals surface area contributed by atoms with Gasteiger partial charge in [0.2, 0.25) is 0 Å². The molecule has 0 amide bonds. The van der Waals surface area contributed by atoms with E-state index in [0.29, 0.717) is 0 Å². The summed E-state index contributed by atoms with van der Waals surface area (Å²) in [5.74, 6) is 0. The molecule has 0 aromatic heterocycles. The fourth-order valence-corrected chi connectivity index (χ4v) is 1.10. The molecule has 11 heavy (non-hydrogen) atoms. The first-order valence-electron chi connectivity index (χ1n) is 4.28. The zero-order chi connectivity index (χ0) is 8.53. The van der Waals surface area contributed by atoms with Gasteiger partial charge in [0.15, 0.2) is 0 Å². The summed E-state index contributed by atoms with van der Waals surface area (Å²) in [6, 6.07) is 0. The third-order valence-corrected chi connectivity index (χ3v) is 1.65. The smallest absolute Gasteiger partial charge is 0.0172 e. The van der Waals surface area contributed by atoms with Crippen molar-refractivity contribution in [1.29, 1.82) is 0 Å². The molecule has 1 rings (SSSR count). The van der Waals surface area contributed by atoms with Crippen molar-refractivity contribution in [1.82, 2.24) is 4.90 Å². The van der Waals surface area contributed by atoms with Crippen LogP contribution >= 0.6 is 0 Å². The molecule has 0 spiro atoms. The van der Waals surface area contributed by atoms with Gasteiger partial charge in [0.05, 0.1) is 0 Å². The third-order valence-electron chi connectivity index (χ3n) is 1.65. The van der Waals surface area contributed by atoms with Crippen LogP contribution in [0.25, 0.3) is 0 Å². The lowest BCUT2D eigenvalue weighted by Crippen LogP contribution is -2.23. The third kappa shape index (κ3) is 5.71. The Hall–Kier alpha value is -0.720. The molecule has 1 heterocycles. The summed E-state index contributed by atoms with van der Waals surface area (Å²) in [7, 11) is 0. The Labute approximate surface area is 70.4 Å². The fraction of sp³-hybridized carbons (Fsp3) is 0.600. The van der Waals surface area contributed by atoms with Crippen LogP contribution in [0.4, 0.5) is 0 Å². The van der Waals surface area contributed by atoms with Gasteiger partial charge < -0.3 is 4.90 Å². The lowest BCUT2D eigenvalue weighted by atomic mass is 10.1. The van der Waals surface area contributed by atoms with Gasteiger partial charge in [-0.15, -0.1) is 6.58 Å².